The maximum atomic E-state index is 12.3. The number of amides is 2. The van der Waals surface area contributed by atoms with Gasteiger partial charge in [0.1, 0.15) is 11.6 Å². The van der Waals surface area contributed by atoms with Gasteiger partial charge in [0.25, 0.3) is 0 Å². The van der Waals surface area contributed by atoms with Gasteiger partial charge in [-0.2, -0.15) is 13.8 Å². The zero-order valence-corrected chi connectivity index (χ0v) is 12.8. The number of fused-ring (bicyclic) bond motifs is 1. The Morgan fingerprint density at radius 3 is 2.67 bits per heavy atom. The van der Waals surface area contributed by atoms with Crippen molar-refractivity contribution in [1.29, 1.82) is 0 Å². The first kappa shape index (κ1) is 16.0. The second-order valence-corrected chi connectivity index (χ2v) is 4.93. The molecule has 6 nitrogen and oxygen atoms in total. The lowest BCUT2D eigenvalue weighted by Crippen LogP contribution is -2.41. The Bertz CT molecular complexity index is 738. The van der Waals surface area contributed by atoms with Crippen LogP contribution in [0.25, 0.3) is 0 Å². The highest BCUT2D eigenvalue weighted by Gasteiger charge is 2.27. The third kappa shape index (κ3) is 3.22. The summed E-state index contributed by atoms with van der Waals surface area (Å²) in [4.78, 5) is 18.0. The van der Waals surface area contributed by atoms with E-state index in [9.17, 15) is 13.6 Å². The second-order valence-electron chi connectivity index (χ2n) is 4.93. The van der Waals surface area contributed by atoms with Gasteiger partial charge in [0.05, 0.1) is 12.3 Å². The van der Waals surface area contributed by atoms with Crippen molar-refractivity contribution in [3.8, 4) is 11.6 Å². The fourth-order valence-corrected chi connectivity index (χ4v) is 2.38. The van der Waals surface area contributed by atoms with Crippen LogP contribution in [-0.2, 0) is 6.54 Å². The molecular weight excluding hydrogens is 320 g/mol. The number of nitrogens with zero attached hydrogens (tertiary/aromatic N) is 2. The molecule has 0 atom stereocenters. The first-order valence-electron chi connectivity index (χ1n) is 7.34. The highest BCUT2D eigenvalue weighted by Crippen LogP contribution is 2.32. The zero-order chi connectivity index (χ0) is 17.1. The van der Waals surface area contributed by atoms with Crippen molar-refractivity contribution in [2.24, 2.45) is 0 Å². The maximum absolute atomic E-state index is 12.3. The highest BCUT2D eigenvalue weighted by molar-refractivity contribution is 6.00. The van der Waals surface area contributed by atoms with Gasteiger partial charge in [0, 0.05) is 18.2 Å². The van der Waals surface area contributed by atoms with Crippen LogP contribution in [0.4, 0.5) is 25.1 Å². The predicted octanol–water partition coefficient (Wildman–Crippen LogP) is 3.44. The molecule has 0 saturated carbocycles. The van der Waals surface area contributed by atoms with E-state index in [2.05, 4.69) is 15.0 Å². The summed E-state index contributed by atoms with van der Waals surface area (Å²) in [5.41, 5.74) is 1.31. The van der Waals surface area contributed by atoms with Crippen LogP contribution in [0, 0.1) is 0 Å². The fourth-order valence-electron chi connectivity index (χ4n) is 2.38. The molecule has 1 aromatic heterocycles. The number of anilines is 2. The van der Waals surface area contributed by atoms with Gasteiger partial charge >= 0.3 is 12.6 Å². The van der Waals surface area contributed by atoms with Crippen LogP contribution in [0.3, 0.4) is 0 Å². The van der Waals surface area contributed by atoms with E-state index in [0.717, 1.165) is 5.56 Å². The molecule has 2 heterocycles. The summed E-state index contributed by atoms with van der Waals surface area (Å²) in [5.74, 6) is 0.878. The quantitative estimate of drug-likeness (QED) is 0.909. The molecule has 1 aliphatic heterocycles. The summed E-state index contributed by atoms with van der Waals surface area (Å²) in [6.07, 6.45) is 0. The molecule has 2 aromatic rings. The zero-order valence-electron chi connectivity index (χ0n) is 12.8. The van der Waals surface area contributed by atoms with E-state index < -0.39 is 6.61 Å². The number of alkyl halides is 2. The van der Waals surface area contributed by atoms with Crippen molar-refractivity contribution in [2.45, 2.75) is 20.1 Å². The standard InChI is InChI=1S/C16H15F2N3O3/c1-2-23-13-8-3-10-9-19-16(22)21(14(10)20-13)11-4-6-12(7-5-11)24-15(17)18/h3-8,15H,2,9H2,1H3,(H,19,22). The molecule has 1 aromatic carbocycles. The Kier molecular flexibility index (Phi) is 4.45. The molecule has 0 saturated heterocycles. The number of carbonyl (C=O) groups is 1. The summed E-state index contributed by atoms with van der Waals surface area (Å²) in [6, 6.07) is 8.98. The van der Waals surface area contributed by atoms with Crippen molar-refractivity contribution >= 4 is 17.5 Å². The van der Waals surface area contributed by atoms with Gasteiger partial charge in [0.2, 0.25) is 5.88 Å². The van der Waals surface area contributed by atoms with E-state index in [-0.39, 0.29) is 11.8 Å². The Morgan fingerprint density at radius 2 is 2.00 bits per heavy atom. The van der Waals surface area contributed by atoms with Crippen LogP contribution in [0.15, 0.2) is 36.4 Å². The predicted molar refractivity (Wildman–Crippen MR) is 82.9 cm³/mol. The van der Waals surface area contributed by atoms with E-state index in [0.29, 0.717) is 30.5 Å². The van der Waals surface area contributed by atoms with E-state index in [1.165, 1.54) is 29.2 Å². The number of urea groups is 1. The molecule has 126 valence electrons. The molecule has 0 unspecified atom stereocenters. The lowest BCUT2D eigenvalue weighted by molar-refractivity contribution is -0.0498. The van der Waals surface area contributed by atoms with Crippen molar-refractivity contribution in [2.75, 3.05) is 11.5 Å². The third-order valence-corrected chi connectivity index (χ3v) is 3.39. The number of carbonyl (C=O) groups excluding carboxylic acids is 1. The topological polar surface area (TPSA) is 63.7 Å². The molecule has 8 heteroatoms. The van der Waals surface area contributed by atoms with Crippen LogP contribution < -0.4 is 19.7 Å². The number of halogens is 2. The number of benzene rings is 1. The molecule has 0 spiro atoms. The summed E-state index contributed by atoms with van der Waals surface area (Å²) in [7, 11) is 0. The number of hydrogen-bond donors (Lipinski definition) is 1. The summed E-state index contributed by atoms with van der Waals surface area (Å²) >= 11 is 0. The van der Waals surface area contributed by atoms with Crippen LogP contribution in [0.5, 0.6) is 11.6 Å². The Balaban J connectivity index is 1.95. The number of hydrogen-bond acceptors (Lipinski definition) is 4. The van der Waals surface area contributed by atoms with Gasteiger partial charge in [-0.25, -0.2) is 9.69 Å². The molecule has 3 rings (SSSR count). The third-order valence-electron chi connectivity index (χ3n) is 3.39. The SMILES string of the molecule is CCOc1ccc2c(n1)N(c1ccc(OC(F)F)cc1)C(=O)NC2. The van der Waals surface area contributed by atoms with E-state index >= 15 is 0 Å². The molecule has 1 aliphatic rings. The van der Waals surface area contributed by atoms with E-state index in [4.69, 9.17) is 4.74 Å². The Morgan fingerprint density at radius 1 is 1.25 bits per heavy atom. The van der Waals surface area contributed by atoms with Crippen molar-refractivity contribution in [3.63, 3.8) is 0 Å². The Labute approximate surface area is 137 Å². The van der Waals surface area contributed by atoms with Gasteiger partial charge < -0.3 is 14.8 Å². The molecule has 0 bridgehead atoms. The molecule has 0 fully saturated rings. The maximum Gasteiger partial charge on any atom is 0.387 e. The van der Waals surface area contributed by atoms with Crippen molar-refractivity contribution in [3.05, 3.63) is 42.0 Å². The fraction of sp³-hybridized carbons (Fsp3) is 0.250. The number of nitrogens with one attached hydrogen (secondary N) is 1. The van der Waals surface area contributed by atoms with Gasteiger partial charge in [0.15, 0.2) is 0 Å². The number of ether oxygens (including phenoxy) is 2. The number of rotatable bonds is 5. The Hall–Kier alpha value is -2.90. The summed E-state index contributed by atoms with van der Waals surface area (Å²) in [5, 5.41) is 2.74. The average molecular weight is 335 g/mol. The average Bonchev–Trinajstić information content (AvgIpc) is 2.55. The normalized spacial score (nSPS) is 13.5. The first-order chi connectivity index (χ1) is 11.6. The lowest BCUT2D eigenvalue weighted by atomic mass is 10.2. The van der Waals surface area contributed by atoms with Gasteiger partial charge in [-0.15, -0.1) is 0 Å². The molecule has 2 amide bonds. The smallest absolute Gasteiger partial charge is 0.387 e. The van der Waals surface area contributed by atoms with Crippen LogP contribution >= 0.6 is 0 Å². The minimum Gasteiger partial charge on any atom is -0.478 e. The van der Waals surface area contributed by atoms with E-state index in [1.807, 2.05) is 13.0 Å². The summed E-state index contributed by atoms with van der Waals surface area (Å²) < 4.78 is 34.2. The van der Waals surface area contributed by atoms with Crippen LogP contribution in [0.2, 0.25) is 0 Å². The molecule has 0 radical (unpaired) electrons. The van der Waals surface area contributed by atoms with Crippen LogP contribution in [-0.4, -0.2) is 24.2 Å². The lowest BCUT2D eigenvalue weighted by Gasteiger charge is -2.29. The molecule has 0 aliphatic carbocycles. The molecule has 1 N–H and O–H groups in total. The van der Waals surface area contributed by atoms with Gasteiger partial charge in [-0.3, -0.25) is 0 Å². The monoisotopic (exact) mass is 335 g/mol. The minimum absolute atomic E-state index is 0.0161. The number of pyridine rings is 1. The largest absolute Gasteiger partial charge is 0.478 e. The second kappa shape index (κ2) is 6.69. The van der Waals surface area contributed by atoms with E-state index in [1.54, 1.807) is 6.07 Å². The first-order valence-corrected chi connectivity index (χ1v) is 7.34. The molecular formula is C16H15F2N3O3. The van der Waals surface area contributed by atoms with Crippen molar-refractivity contribution in [1.82, 2.24) is 10.3 Å². The number of aromatic nitrogens is 1. The highest BCUT2D eigenvalue weighted by atomic mass is 19.3. The van der Waals surface area contributed by atoms with Crippen LogP contribution in [0.1, 0.15) is 12.5 Å². The van der Waals surface area contributed by atoms with Crippen molar-refractivity contribution < 1.29 is 23.0 Å². The molecule has 24 heavy (non-hydrogen) atoms. The van der Waals surface area contributed by atoms with Gasteiger partial charge in [-0.05, 0) is 37.3 Å². The van der Waals surface area contributed by atoms with Gasteiger partial charge in [-0.1, -0.05) is 0 Å². The minimum atomic E-state index is -2.90. The summed E-state index contributed by atoms with van der Waals surface area (Å²) in [6.45, 7) is -0.243.